The van der Waals surface area contributed by atoms with Gasteiger partial charge < -0.3 is 14.2 Å². The monoisotopic (exact) mass is 341 g/mol. The second kappa shape index (κ2) is 7.34. The van der Waals surface area contributed by atoms with E-state index in [1.54, 1.807) is 6.07 Å². The molecule has 120 valence electrons. The van der Waals surface area contributed by atoms with E-state index in [4.69, 9.17) is 4.74 Å². The van der Waals surface area contributed by atoms with E-state index in [1.165, 1.54) is 39.6 Å². The van der Waals surface area contributed by atoms with Crippen molar-refractivity contribution in [2.24, 2.45) is 0 Å². The Balaban J connectivity index is 0.000000164. The lowest BCUT2D eigenvalue weighted by Gasteiger charge is -2.25. The first kappa shape index (κ1) is 17.1. The van der Waals surface area contributed by atoms with Crippen LogP contribution in [0.2, 0.25) is 0 Å². The first-order chi connectivity index (χ1) is 10.4. The predicted octanol–water partition coefficient (Wildman–Crippen LogP) is 1.05. The second-order valence-corrected chi connectivity index (χ2v) is 7.48. The number of nitrogens with one attached hydrogen (secondary N) is 1. The first-order valence-corrected chi connectivity index (χ1v) is 9.17. The van der Waals surface area contributed by atoms with Gasteiger partial charge in [0, 0.05) is 0 Å². The van der Waals surface area contributed by atoms with E-state index in [0.29, 0.717) is 0 Å². The third-order valence-corrected chi connectivity index (χ3v) is 5.08. The molecule has 3 rings (SSSR count). The fourth-order valence-electron chi connectivity index (χ4n) is 2.16. The SMILES string of the molecule is C[NH+](C)[C@H]1OCCc2ccsc21.O=S(=O)([O-])c1ccccc1. The third kappa shape index (κ3) is 4.37. The van der Waals surface area contributed by atoms with Gasteiger partial charge in [-0.3, -0.25) is 0 Å². The van der Waals surface area contributed by atoms with Crippen LogP contribution in [0, 0.1) is 0 Å². The molecule has 1 aliphatic rings. The Labute approximate surface area is 134 Å². The number of thiophene rings is 1. The number of benzene rings is 1. The van der Waals surface area contributed by atoms with Gasteiger partial charge in [-0.25, -0.2) is 8.42 Å². The van der Waals surface area contributed by atoms with Crippen molar-refractivity contribution in [3.05, 3.63) is 52.2 Å². The Morgan fingerprint density at radius 2 is 1.91 bits per heavy atom. The van der Waals surface area contributed by atoms with Crippen molar-refractivity contribution in [3.63, 3.8) is 0 Å². The molecule has 0 saturated heterocycles. The molecule has 1 aliphatic heterocycles. The summed E-state index contributed by atoms with van der Waals surface area (Å²) >= 11 is 1.82. The van der Waals surface area contributed by atoms with Crippen molar-refractivity contribution >= 4 is 21.5 Å². The molecule has 1 aromatic heterocycles. The first-order valence-electron chi connectivity index (χ1n) is 6.88. The molecule has 0 aliphatic carbocycles. The molecular formula is C15H19NO4S2. The molecule has 0 unspecified atom stereocenters. The molecule has 22 heavy (non-hydrogen) atoms. The number of quaternary nitrogens is 1. The van der Waals surface area contributed by atoms with Crippen molar-refractivity contribution in [1.29, 1.82) is 0 Å². The number of fused-ring (bicyclic) bond motifs is 1. The van der Waals surface area contributed by atoms with E-state index in [0.717, 1.165) is 13.0 Å². The van der Waals surface area contributed by atoms with Crippen molar-refractivity contribution in [2.45, 2.75) is 17.5 Å². The fraction of sp³-hybridized carbons (Fsp3) is 0.333. The van der Waals surface area contributed by atoms with Crippen LogP contribution in [-0.4, -0.2) is 33.7 Å². The highest BCUT2D eigenvalue weighted by molar-refractivity contribution is 7.85. The maximum atomic E-state index is 10.3. The summed E-state index contributed by atoms with van der Waals surface area (Å²) in [5.74, 6) is 0. The minimum absolute atomic E-state index is 0.185. The second-order valence-electron chi connectivity index (χ2n) is 5.16. The lowest BCUT2D eigenvalue weighted by Crippen LogP contribution is -3.06. The minimum Gasteiger partial charge on any atom is -0.744 e. The highest BCUT2D eigenvalue weighted by atomic mass is 32.2. The van der Waals surface area contributed by atoms with Gasteiger partial charge in [0.15, 0.2) is 0 Å². The number of hydrogen-bond acceptors (Lipinski definition) is 5. The number of ether oxygens (including phenoxy) is 1. The van der Waals surface area contributed by atoms with Gasteiger partial charge in [0.1, 0.15) is 10.1 Å². The quantitative estimate of drug-likeness (QED) is 0.829. The highest BCUT2D eigenvalue weighted by Gasteiger charge is 2.26. The van der Waals surface area contributed by atoms with Gasteiger partial charge in [0.2, 0.25) is 6.23 Å². The van der Waals surface area contributed by atoms with Gasteiger partial charge in [-0.2, -0.15) is 0 Å². The van der Waals surface area contributed by atoms with Crippen LogP contribution in [-0.2, 0) is 21.3 Å². The van der Waals surface area contributed by atoms with Gasteiger partial charge in [0.05, 0.1) is 30.5 Å². The predicted molar refractivity (Wildman–Crippen MR) is 83.9 cm³/mol. The summed E-state index contributed by atoms with van der Waals surface area (Å²) < 4.78 is 36.5. The van der Waals surface area contributed by atoms with Crippen LogP contribution in [0.15, 0.2) is 46.7 Å². The molecule has 1 aromatic carbocycles. The van der Waals surface area contributed by atoms with Crippen molar-refractivity contribution < 1.29 is 22.6 Å². The number of rotatable bonds is 2. The molecular weight excluding hydrogens is 322 g/mol. The van der Waals surface area contributed by atoms with Gasteiger partial charge >= 0.3 is 0 Å². The van der Waals surface area contributed by atoms with E-state index in [1.807, 2.05) is 11.3 Å². The fourth-order valence-corrected chi connectivity index (χ4v) is 3.78. The lowest BCUT2D eigenvalue weighted by molar-refractivity contribution is -0.918. The molecule has 0 spiro atoms. The van der Waals surface area contributed by atoms with E-state index in [-0.39, 0.29) is 11.1 Å². The van der Waals surface area contributed by atoms with E-state index < -0.39 is 10.1 Å². The van der Waals surface area contributed by atoms with E-state index in [9.17, 15) is 13.0 Å². The Hall–Kier alpha value is -1.25. The summed E-state index contributed by atoms with van der Waals surface area (Å²) in [5.41, 5.74) is 1.48. The van der Waals surface area contributed by atoms with Gasteiger partial charge in [-0.05, 0) is 35.6 Å². The molecule has 0 fully saturated rings. The summed E-state index contributed by atoms with van der Waals surface area (Å²) in [4.78, 5) is 2.59. The zero-order chi connectivity index (χ0) is 16.2. The molecule has 0 radical (unpaired) electrons. The molecule has 7 heteroatoms. The normalized spacial score (nSPS) is 17.5. The molecule has 2 aromatic rings. The summed E-state index contributed by atoms with van der Waals surface area (Å²) in [6, 6.07) is 9.41. The zero-order valence-corrected chi connectivity index (χ0v) is 14.1. The molecule has 2 heterocycles. The summed E-state index contributed by atoms with van der Waals surface area (Å²) in [7, 11) is 0.0239. The van der Waals surface area contributed by atoms with Gasteiger partial charge in [-0.15, -0.1) is 11.3 Å². The summed E-state index contributed by atoms with van der Waals surface area (Å²) in [6.07, 6.45) is 1.36. The van der Waals surface area contributed by atoms with Crippen LogP contribution in [0.25, 0.3) is 0 Å². The molecule has 5 nitrogen and oxygen atoms in total. The molecule has 1 atom stereocenters. The van der Waals surface area contributed by atoms with Crippen LogP contribution < -0.4 is 4.90 Å². The minimum atomic E-state index is -4.25. The third-order valence-electron chi connectivity index (χ3n) is 3.23. The maximum absolute atomic E-state index is 10.3. The Morgan fingerprint density at radius 1 is 1.23 bits per heavy atom. The largest absolute Gasteiger partial charge is 0.744 e. The smallest absolute Gasteiger partial charge is 0.227 e. The molecule has 0 bridgehead atoms. The van der Waals surface area contributed by atoms with Crippen molar-refractivity contribution in [2.75, 3.05) is 20.7 Å². The van der Waals surface area contributed by atoms with Crippen LogP contribution in [0.1, 0.15) is 16.7 Å². The van der Waals surface area contributed by atoms with Crippen LogP contribution in [0.3, 0.4) is 0 Å². The Morgan fingerprint density at radius 3 is 2.45 bits per heavy atom. The van der Waals surface area contributed by atoms with Gasteiger partial charge in [0.25, 0.3) is 0 Å². The van der Waals surface area contributed by atoms with Crippen LogP contribution >= 0.6 is 11.3 Å². The topological polar surface area (TPSA) is 70.9 Å². The van der Waals surface area contributed by atoms with Gasteiger partial charge in [-0.1, -0.05) is 18.2 Å². The molecule has 0 saturated carbocycles. The van der Waals surface area contributed by atoms with Crippen molar-refractivity contribution in [3.8, 4) is 0 Å². The molecule has 0 amide bonds. The maximum Gasteiger partial charge on any atom is 0.227 e. The van der Waals surface area contributed by atoms with Crippen molar-refractivity contribution in [1.82, 2.24) is 0 Å². The lowest BCUT2D eigenvalue weighted by atomic mass is 10.1. The summed E-state index contributed by atoms with van der Waals surface area (Å²) in [6.45, 7) is 0.875. The summed E-state index contributed by atoms with van der Waals surface area (Å²) in [5, 5.41) is 2.16. The van der Waals surface area contributed by atoms with Crippen LogP contribution in [0.4, 0.5) is 0 Å². The average molecular weight is 341 g/mol. The Kier molecular flexibility index (Phi) is 5.71. The average Bonchev–Trinajstić information content (AvgIpc) is 2.96. The van der Waals surface area contributed by atoms with E-state index >= 15 is 0 Å². The molecule has 1 N–H and O–H groups in total. The van der Waals surface area contributed by atoms with E-state index in [2.05, 4.69) is 25.5 Å². The van der Waals surface area contributed by atoms with Crippen LogP contribution in [0.5, 0.6) is 0 Å². The standard InChI is InChI=1S/C9H13NOS.C6H6O3S/c1-10(2)9-8-7(3-5-11-9)4-6-12-8;7-10(8,9)6-4-2-1-3-5-6/h4,6,9H,3,5H2,1-2H3;1-5H,(H,7,8,9)/t9-;/m0./s1. The zero-order valence-electron chi connectivity index (χ0n) is 12.5. The number of hydrogen-bond donors (Lipinski definition) is 1. The Bertz CT molecular complexity index is 695. The highest BCUT2D eigenvalue weighted by Crippen LogP contribution is 2.27.